The average molecular weight is 313 g/mol. The molecule has 4 nitrogen and oxygen atoms in total. The number of guanidine groups is 1. The second-order valence-corrected chi connectivity index (χ2v) is 5.75. The van der Waals surface area contributed by atoms with Crippen molar-refractivity contribution in [2.45, 2.75) is 32.4 Å². The minimum Gasteiger partial charge on any atom is -0.392 e. The molecule has 0 spiro atoms. The molecule has 0 amide bonds. The maximum atomic E-state index is 13.6. The number of nitrogens with one attached hydrogen (secondary N) is 1. The fraction of sp³-hybridized carbons (Fsp3) is 0.278. The molecule has 0 unspecified atom stereocenters. The van der Waals surface area contributed by atoms with E-state index in [-0.39, 0.29) is 18.7 Å². The number of halogens is 1. The molecule has 120 valence electrons. The van der Waals surface area contributed by atoms with Crippen LogP contribution in [0.5, 0.6) is 0 Å². The van der Waals surface area contributed by atoms with E-state index in [2.05, 4.69) is 22.4 Å². The van der Waals surface area contributed by atoms with Crippen LogP contribution in [0, 0.1) is 5.82 Å². The zero-order chi connectivity index (χ0) is 16.2. The Balaban J connectivity index is 1.65. The second-order valence-electron chi connectivity index (χ2n) is 5.75. The largest absolute Gasteiger partial charge is 0.392 e. The van der Waals surface area contributed by atoms with E-state index >= 15 is 0 Å². The molecule has 2 aromatic rings. The van der Waals surface area contributed by atoms with Crippen molar-refractivity contribution in [1.29, 1.82) is 0 Å². The lowest BCUT2D eigenvalue weighted by Gasteiger charge is -2.08. The van der Waals surface area contributed by atoms with Crippen LogP contribution in [0.25, 0.3) is 0 Å². The molecule has 0 aromatic heterocycles. The molecule has 23 heavy (non-hydrogen) atoms. The van der Waals surface area contributed by atoms with E-state index in [0.29, 0.717) is 11.5 Å². The van der Waals surface area contributed by atoms with Gasteiger partial charge in [-0.05, 0) is 54.2 Å². The lowest BCUT2D eigenvalue weighted by molar-refractivity contribution is 0.275. The van der Waals surface area contributed by atoms with Gasteiger partial charge < -0.3 is 16.2 Å². The van der Waals surface area contributed by atoms with Crippen LogP contribution < -0.4 is 11.1 Å². The number of nitrogens with zero attached hydrogens (tertiary/aromatic N) is 1. The third-order valence-electron chi connectivity index (χ3n) is 4.09. The van der Waals surface area contributed by atoms with Gasteiger partial charge in [-0.25, -0.2) is 9.38 Å². The van der Waals surface area contributed by atoms with Crippen LogP contribution in [0.4, 0.5) is 10.1 Å². The molecule has 0 aliphatic heterocycles. The van der Waals surface area contributed by atoms with E-state index in [1.165, 1.54) is 23.6 Å². The van der Waals surface area contributed by atoms with Gasteiger partial charge >= 0.3 is 0 Å². The summed E-state index contributed by atoms with van der Waals surface area (Å²) in [5.41, 5.74) is 10.6. The zero-order valence-corrected chi connectivity index (χ0v) is 12.8. The van der Waals surface area contributed by atoms with E-state index in [0.717, 1.165) is 18.5 Å². The minimum atomic E-state index is -0.426. The third kappa shape index (κ3) is 3.68. The standard InChI is InChI=1S/C18H20FN3O/c19-17-8-12(4-5-15(17)11-23)10-21-18(20)22-16-7-6-13-2-1-3-14(13)9-16/h4-9,23H,1-3,10-11H2,(H3,20,21,22). The molecular formula is C18H20FN3O. The summed E-state index contributed by atoms with van der Waals surface area (Å²) >= 11 is 0. The van der Waals surface area contributed by atoms with Crippen molar-refractivity contribution in [3.63, 3.8) is 0 Å². The highest BCUT2D eigenvalue weighted by Crippen LogP contribution is 2.24. The first-order valence-corrected chi connectivity index (χ1v) is 7.72. The van der Waals surface area contributed by atoms with Gasteiger partial charge in [-0.15, -0.1) is 0 Å². The molecule has 2 aromatic carbocycles. The van der Waals surface area contributed by atoms with Crippen LogP contribution >= 0.6 is 0 Å². The topological polar surface area (TPSA) is 70.6 Å². The Morgan fingerprint density at radius 1 is 1.17 bits per heavy atom. The Kier molecular flexibility index (Phi) is 4.57. The van der Waals surface area contributed by atoms with Crippen LogP contribution in [0.1, 0.15) is 28.7 Å². The Hall–Kier alpha value is -2.40. The Labute approximate surface area is 134 Å². The predicted molar refractivity (Wildman–Crippen MR) is 89.7 cm³/mol. The summed E-state index contributed by atoms with van der Waals surface area (Å²) in [5, 5.41) is 12.0. The highest BCUT2D eigenvalue weighted by Gasteiger charge is 2.10. The lowest BCUT2D eigenvalue weighted by Crippen LogP contribution is -2.22. The van der Waals surface area contributed by atoms with Crippen LogP contribution in [0.15, 0.2) is 41.4 Å². The molecule has 1 aliphatic rings. The SMILES string of the molecule is NC(=NCc1ccc(CO)c(F)c1)Nc1ccc2c(c1)CCC2. The molecule has 5 heteroatoms. The Morgan fingerprint density at radius 2 is 2.00 bits per heavy atom. The Bertz CT molecular complexity index is 743. The Morgan fingerprint density at radius 3 is 2.78 bits per heavy atom. The van der Waals surface area contributed by atoms with E-state index < -0.39 is 5.82 Å². The van der Waals surface area contributed by atoms with Crippen molar-refractivity contribution >= 4 is 11.6 Å². The number of aryl methyl sites for hydroxylation is 2. The maximum Gasteiger partial charge on any atom is 0.193 e. The molecule has 0 heterocycles. The molecule has 0 saturated carbocycles. The van der Waals surface area contributed by atoms with E-state index in [9.17, 15) is 4.39 Å². The van der Waals surface area contributed by atoms with Gasteiger partial charge in [0.25, 0.3) is 0 Å². The van der Waals surface area contributed by atoms with Gasteiger partial charge in [0, 0.05) is 11.3 Å². The molecular weight excluding hydrogens is 293 g/mol. The predicted octanol–water partition coefficient (Wildman–Crippen LogP) is 2.73. The van der Waals surface area contributed by atoms with Crippen LogP contribution in [-0.2, 0) is 26.0 Å². The fourth-order valence-corrected chi connectivity index (χ4v) is 2.83. The van der Waals surface area contributed by atoms with Gasteiger partial charge in [-0.2, -0.15) is 0 Å². The van der Waals surface area contributed by atoms with Crippen molar-refractivity contribution in [3.8, 4) is 0 Å². The summed E-state index contributed by atoms with van der Waals surface area (Å²) in [6, 6.07) is 10.9. The van der Waals surface area contributed by atoms with E-state index in [1.807, 2.05) is 6.07 Å². The molecule has 3 rings (SSSR count). The molecule has 0 fully saturated rings. The quantitative estimate of drug-likeness (QED) is 0.600. The minimum absolute atomic E-state index is 0.280. The summed E-state index contributed by atoms with van der Waals surface area (Å²) in [6.07, 6.45) is 3.46. The fourth-order valence-electron chi connectivity index (χ4n) is 2.83. The first-order chi connectivity index (χ1) is 11.2. The number of hydrogen-bond donors (Lipinski definition) is 3. The van der Waals surface area contributed by atoms with Gasteiger partial charge in [0.05, 0.1) is 13.2 Å². The average Bonchev–Trinajstić information content (AvgIpc) is 3.01. The van der Waals surface area contributed by atoms with Crippen molar-refractivity contribution < 1.29 is 9.50 Å². The van der Waals surface area contributed by atoms with E-state index in [1.54, 1.807) is 12.1 Å². The number of rotatable bonds is 4. The summed E-state index contributed by atoms with van der Waals surface area (Å²) in [4.78, 5) is 4.23. The van der Waals surface area contributed by atoms with E-state index in [4.69, 9.17) is 10.8 Å². The van der Waals surface area contributed by atoms with Gasteiger partial charge in [0.15, 0.2) is 5.96 Å². The molecule has 1 aliphatic carbocycles. The number of aliphatic imine (C=N–C) groups is 1. The summed E-state index contributed by atoms with van der Waals surface area (Å²) in [5.74, 6) is -0.125. The van der Waals surface area contributed by atoms with Crippen LogP contribution in [-0.4, -0.2) is 11.1 Å². The highest BCUT2D eigenvalue weighted by molar-refractivity contribution is 5.92. The van der Waals surface area contributed by atoms with Gasteiger partial charge in [0.1, 0.15) is 5.82 Å². The van der Waals surface area contributed by atoms with Crippen molar-refractivity contribution in [3.05, 3.63) is 64.5 Å². The first-order valence-electron chi connectivity index (χ1n) is 7.72. The zero-order valence-electron chi connectivity index (χ0n) is 12.8. The number of hydrogen-bond acceptors (Lipinski definition) is 2. The first kappa shape index (κ1) is 15.5. The van der Waals surface area contributed by atoms with Gasteiger partial charge in [-0.1, -0.05) is 18.2 Å². The number of benzene rings is 2. The molecule has 0 saturated heterocycles. The number of aliphatic hydroxyl groups is 1. The van der Waals surface area contributed by atoms with Gasteiger partial charge in [0.2, 0.25) is 0 Å². The second kappa shape index (κ2) is 6.79. The van der Waals surface area contributed by atoms with Crippen molar-refractivity contribution in [1.82, 2.24) is 0 Å². The third-order valence-corrected chi connectivity index (χ3v) is 4.09. The number of nitrogens with two attached hydrogens (primary N) is 1. The molecule has 4 N–H and O–H groups in total. The lowest BCUT2D eigenvalue weighted by atomic mass is 10.1. The summed E-state index contributed by atoms with van der Waals surface area (Å²) in [7, 11) is 0. The molecule has 0 radical (unpaired) electrons. The van der Waals surface area contributed by atoms with Crippen LogP contribution in [0.2, 0.25) is 0 Å². The monoisotopic (exact) mass is 313 g/mol. The normalized spacial score (nSPS) is 13.9. The van der Waals surface area contributed by atoms with Gasteiger partial charge in [-0.3, -0.25) is 0 Å². The number of anilines is 1. The molecule has 0 atom stereocenters. The summed E-state index contributed by atoms with van der Waals surface area (Å²) in [6.45, 7) is -0.0240. The smallest absolute Gasteiger partial charge is 0.193 e. The number of aliphatic hydroxyl groups excluding tert-OH is 1. The maximum absolute atomic E-state index is 13.6. The van der Waals surface area contributed by atoms with Crippen LogP contribution in [0.3, 0.4) is 0 Å². The number of fused-ring (bicyclic) bond motifs is 1. The van der Waals surface area contributed by atoms with Crippen molar-refractivity contribution in [2.75, 3.05) is 5.32 Å². The molecule has 0 bridgehead atoms. The van der Waals surface area contributed by atoms with Crippen molar-refractivity contribution in [2.24, 2.45) is 10.7 Å². The summed E-state index contributed by atoms with van der Waals surface area (Å²) < 4.78 is 13.6. The highest BCUT2D eigenvalue weighted by atomic mass is 19.1.